The molecule has 1 N–H and O–H groups in total. The van der Waals surface area contributed by atoms with E-state index in [0.717, 1.165) is 18.4 Å². The van der Waals surface area contributed by atoms with Crippen LogP contribution in [0.3, 0.4) is 0 Å². The molecule has 0 bridgehead atoms. The van der Waals surface area contributed by atoms with Crippen LogP contribution >= 0.6 is 11.6 Å². The van der Waals surface area contributed by atoms with E-state index in [-0.39, 0.29) is 33.8 Å². The molecule has 2 aromatic rings. The van der Waals surface area contributed by atoms with Crippen LogP contribution in [-0.4, -0.2) is 42.7 Å². The first-order valence-corrected chi connectivity index (χ1v) is 11.8. The first-order chi connectivity index (χ1) is 14.7. The smallest absolute Gasteiger partial charge is 0.282 e. The lowest BCUT2D eigenvalue weighted by molar-refractivity contribution is -0.385. The second-order valence-electron chi connectivity index (χ2n) is 7.54. The van der Waals surface area contributed by atoms with Gasteiger partial charge in [0.05, 0.1) is 9.82 Å². The van der Waals surface area contributed by atoms with Crippen molar-refractivity contribution in [2.75, 3.05) is 13.1 Å². The molecular weight excluding hydrogens is 442 g/mol. The maximum atomic E-state index is 13.1. The molecule has 3 rings (SSSR count). The lowest BCUT2D eigenvalue weighted by atomic mass is 10.0. The summed E-state index contributed by atoms with van der Waals surface area (Å²) in [4.78, 5) is 23.3. The zero-order valence-corrected chi connectivity index (χ0v) is 18.7. The first kappa shape index (κ1) is 23.2. The van der Waals surface area contributed by atoms with E-state index in [1.165, 1.54) is 22.5 Å². The lowest BCUT2D eigenvalue weighted by Crippen LogP contribution is -2.45. The predicted octanol–water partition coefficient (Wildman–Crippen LogP) is 3.92. The molecule has 1 aliphatic heterocycles. The third kappa shape index (κ3) is 5.41. The number of benzene rings is 2. The minimum atomic E-state index is -3.64. The van der Waals surface area contributed by atoms with Gasteiger partial charge < -0.3 is 5.32 Å². The third-order valence-corrected chi connectivity index (χ3v) is 7.56. The van der Waals surface area contributed by atoms with Gasteiger partial charge in [-0.05, 0) is 50.5 Å². The minimum Gasteiger partial charge on any atom is -0.352 e. The van der Waals surface area contributed by atoms with Crippen molar-refractivity contribution >= 4 is 33.2 Å². The largest absolute Gasteiger partial charge is 0.352 e. The Kier molecular flexibility index (Phi) is 7.30. The molecule has 0 aliphatic carbocycles. The molecule has 2 aromatic carbocycles. The molecule has 1 unspecified atom stereocenters. The Morgan fingerprint density at radius 1 is 1.23 bits per heavy atom. The summed E-state index contributed by atoms with van der Waals surface area (Å²) in [5.41, 5.74) is 0.528. The topological polar surface area (TPSA) is 110 Å². The average molecular weight is 466 g/mol. The van der Waals surface area contributed by atoms with Crippen molar-refractivity contribution in [3.05, 3.63) is 68.7 Å². The van der Waals surface area contributed by atoms with Gasteiger partial charge in [0.1, 0.15) is 5.56 Å². The van der Waals surface area contributed by atoms with Crippen LogP contribution in [-0.2, 0) is 10.0 Å². The second kappa shape index (κ2) is 9.76. The number of hydrogen-bond acceptors (Lipinski definition) is 5. The van der Waals surface area contributed by atoms with Crippen LogP contribution in [0.2, 0.25) is 5.02 Å². The summed E-state index contributed by atoms with van der Waals surface area (Å²) in [7, 11) is -3.64. The van der Waals surface area contributed by atoms with Crippen molar-refractivity contribution in [2.24, 2.45) is 0 Å². The Labute approximate surface area is 186 Å². The Morgan fingerprint density at radius 2 is 1.94 bits per heavy atom. The van der Waals surface area contributed by atoms with Crippen molar-refractivity contribution in [2.45, 2.75) is 43.5 Å². The SMILES string of the molecule is Cc1ccc(S(=O)(=O)N2CCCCC2CCNC(=O)c2cc(Cl)ccc2[N+](=O)[O-])cc1. The molecule has 0 radical (unpaired) electrons. The molecule has 31 heavy (non-hydrogen) atoms. The molecule has 1 amide bonds. The summed E-state index contributed by atoms with van der Waals surface area (Å²) >= 11 is 5.88. The van der Waals surface area contributed by atoms with Crippen LogP contribution in [0.15, 0.2) is 47.4 Å². The quantitative estimate of drug-likeness (QED) is 0.492. The van der Waals surface area contributed by atoms with Gasteiger partial charge in [0, 0.05) is 30.2 Å². The van der Waals surface area contributed by atoms with Gasteiger partial charge in [-0.1, -0.05) is 35.7 Å². The van der Waals surface area contributed by atoms with Gasteiger partial charge in [-0.25, -0.2) is 8.42 Å². The number of nitro benzene ring substituents is 1. The molecule has 1 aliphatic rings. The number of nitro groups is 1. The van der Waals surface area contributed by atoms with Gasteiger partial charge in [-0.15, -0.1) is 0 Å². The van der Waals surface area contributed by atoms with Crippen molar-refractivity contribution in [1.82, 2.24) is 9.62 Å². The Hall–Kier alpha value is -2.49. The summed E-state index contributed by atoms with van der Waals surface area (Å²) in [5, 5.41) is 14.1. The molecule has 0 saturated carbocycles. The van der Waals surface area contributed by atoms with Gasteiger partial charge in [0.2, 0.25) is 10.0 Å². The van der Waals surface area contributed by atoms with E-state index in [1.807, 2.05) is 6.92 Å². The van der Waals surface area contributed by atoms with E-state index in [9.17, 15) is 23.3 Å². The highest BCUT2D eigenvalue weighted by molar-refractivity contribution is 7.89. The standard InChI is InChI=1S/C21H24ClN3O5S/c1-15-5-8-18(9-6-15)31(29,30)24-13-3-2-4-17(24)11-12-23-21(26)19-14-16(22)7-10-20(19)25(27)28/h5-10,14,17H,2-4,11-13H2,1H3,(H,23,26). The minimum absolute atomic E-state index is 0.120. The Balaban J connectivity index is 1.69. The molecule has 1 heterocycles. The molecule has 10 heteroatoms. The number of carbonyl (C=O) groups excluding carboxylic acids is 1. The van der Waals surface area contributed by atoms with Crippen LogP contribution in [0.4, 0.5) is 5.69 Å². The molecule has 166 valence electrons. The molecule has 8 nitrogen and oxygen atoms in total. The number of amides is 1. The van der Waals surface area contributed by atoms with E-state index in [1.54, 1.807) is 24.3 Å². The van der Waals surface area contributed by atoms with Crippen LogP contribution < -0.4 is 5.32 Å². The number of carbonyl (C=O) groups is 1. The molecule has 0 aromatic heterocycles. The number of sulfonamides is 1. The summed E-state index contributed by atoms with van der Waals surface area (Å²) in [6.45, 7) is 2.51. The number of halogens is 1. The number of aryl methyl sites for hydroxylation is 1. The molecule has 0 spiro atoms. The molecule has 1 atom stereocenters. The molecule has 1 saturated heterocycles. The number of piperidine rings is 1. The monoisotopic (exact) mass is 465 g/mol. The Morgan fingerprint density at radius 3 is 2.61 bits per heavy atom. The average Bonchev–Trinajstić information content (AvgIpc) is 2.74. The number of hydrogen-bond donors (Lipinski definition) is 1. The highest BCUT2D eigenvalue weighted by Crippen LogP contribution is 2.27. The van der Waals surface area contributed by atoms with Crippen molar-refractivity contribution in [3.63, 3.8) is 0 Å². The van der Waals surface area contributed by atoms with Gasteiger partial charge in [0.25, 0.3) is 11.6 Å². The third-order valence-electron chi connectivity index (χ3n) is 5.36. The highest BCUT2D eigenvalue weighted by atomic mass is 35.5. The molecular formula is C21H24ClN3O5S. The summed E-state index contributed by atoms with van der Waals surface area (Å²) < 4.78 is 27.8. The maximum Gasteiger partial charge on any atom is 0.282 e. The van der Waals surface area contributed by atoms with Crippen LogP contribution in [0.5, 0.6) is 0 Å². The van der Waals surface area contributed by atoms with Gasteiger partial charge in [0.15, 0.2) is 0 Å². The van der Waals surface area contributed by atoms with Gasteiger partial charge >= 0.3 is 0 Å². The van der Waals surface area contributed by atoms with Crippen LogP contribution in [0, 0.1) is 17.0 Å². The van der Waals surface area contributed by atoms with E-state index >= 15 is 0 Å². The number of rotatable bonds is 7. The fraction of sp³-hybridized carbons (Fsp3) is 0.381. The Bertz CT molecular complexity index is 1070. The zero-order valence-electron chi connectivity index (χ0n) is 17.1. The van der Waals surface area contributed by atoms with Crippen LogP contribution in [0.1, 0.15) is 41.6 Å². The van der Waals surface area contributed by atoms with Crippen molar-refractivity contribution in [1.29, 1.82) is 0 Å². The van der Waals surface area contributed by atoms with Crippen molar-refractivity contribution < 1.29 is 18.1 Å². The summed E-state index contributed by atoms with van der Waals surface area (Å²) in [6.07, 6.45) is 2.78. The maximum absolute atomic E-state index is 13.1. The van der Waals surface area contributed by atoms with E-state index < -0.39 is 20.9 Å². The van der Waals surface area contributed by atoms with Crippen LogP contribution in [0.25, 0.3) is 0 Å². The zero-order chi connectivity index (χ0) is 22.6. The predicted molar refractivity (Wildman–Crippen MR) is 118 cm³/mol. The second-order valence-corrected chi connectivity index (χ2v) is 9.87. The van der Waals surface area contributed by atoms with E-state index in [0.29, 0.717) is 19.4 Å². The number of nitrogens with zero attached hydrogens (tertiary/aromatic N) is 2. The number of nitrogens with one attached hydrogen (secondary N) is 1. The fourth-order valence-electron chi connectivity index (χ4n) is 3.72. The van der Waals surface area contributed by atoms with Gasteiger partial charge in [-0.3, -0.25) is 14.9 Å². The first-order valence-electron chi connectivity index (χ1n) is 10.0. The molecule has 1 fully saturated rings. The van der Waals surface area contributed by atoms with Gasteiger partial charge in [-0.2, -0.15) is 4.31 Å². The summed E-state index contributed by atoms with van der Waals surface area (Å²) in [5.74, 6) is -0.613. The lowest BCUT2D eigenvalue weighted by Gasteiger charge is -2.34. The van der Waals surface area contributed by atoms with E-state index in [2.05, 4.69) is 5.32 Å². The van der Waals surface area contributed by atoms with Crippen molar-refractivity contribution in [3.8, 4) is 0 Å². The normalized spacial score (nSPS) is 17.3. The van der Waals surface area contributed by atoms with E-state index in [4.69, 9.17) is 11.6 Å². The highest BCUT2D eigenvalue weighted by Gasteiger charge is 2.33. The summed E-state index contributed by atoms with van der Waals surface area (Å²) in [6, 6.07) is 10.3. The fourth-order valence-corrected chi connectivity index (χ4v) is 5.62.